The van der Waals surface area contributed by atoms with Crippen LogP contribution in [0, 0.1) is 0 Å². The van der Waals surface area contributed by atoms with Crippen molar-refractivity contribution in [2.24, 2.45) is 0 Å². The average Bonchev–Trinajstić information content (AvgIpc) is 2.68. The molecule has 0 radical (unpaired) electrons. The predicted octanol–water partition coefficient (Wildman–Crippen LogP) is 2.25. The number of fused-ring (bicyclic) bond motifs is 1. The lowest BCUT2D eigenvalue weighted by Crippen LogP contribution is -2.05. The molecule has 15 heavy (non-hydrogen) atoms. The molecule has 0 saturated heterocycles. The SMILES string of the molecule is CCOC(=O)c1ccc(Cl)c2c1OCO2. The number of hydrogen-bond acceptors (Lipinski definition) is 4. The van der Waals surface area contributed by atoms with Gasteiger partial charge in [-0.1, -0.05) is 11.6 Å². The summed E-state index contributed by atoms with van der Waals surface area (Å²) in [6.07, 6.45) is 0. The molecule has 0 bridgehead atoms. The lowest BCUT2D eigenvalue weighted by atomic mass is 10.2. The van der Waals surface area contributed by atoms with E-state index < -0.39 is 5.97 Å². The third-order valence-electron chi connectivity index (χ3n) is 1.97. The summed E-state index contributed by atoms with van der Waals surface area (Å²) in [5.41, 5.74) is 0.341. The Kier molecular flexibility index (Phi) is 2.68. The van der Waals surface area contributed by atoms with Gasteiger partial charge in [0.15, 0.2) is 11.5 Å². The lowest BCUT2D eigenvalue weighted by Gasteiger charge is -2.05. The van der Waals surface area contributed by atoms with Crippen molar-refractivity contribution < 1.29 is 19.0 Å². The van der Waals surface area contributed by atoms with Crippen molar-refractivity contribution in [3.8, 4) is 11.5 Å². The Hall–Kier alpha value is -1.42. The highest BCUT2D eigenvalue weighted by Gasteiger charge is 2.25. The standard InChI is InChI=1S/C10H9ClO4/c1-2-13-10(12)6-3-4-7(11)9-8(6)14-5-15-9/h3-4H,2,5H2,1H3. The Morgan fingerprint density at radius 1 is 1.47 bits per heavy atom. The first kappa shape index (κ1) is 10.1. The van der Waals surface area contributed by atoms with Crippen LogP contribution in [0.25, 0.3) is 0 Å². The molecule has 1 aromatic rings. The van der Waals surface area contributed by atoms with Crippen LogP contribution in [0.4, 0.5) is 0 Å². The van der Waals surface area contributed by atoms with E-state index in [9.17, 15) is 4.79 Å². The van der Waals surface area contributed by atoms with Crippen LogP contribution in [0.2, 0.25) is 5.02 Å². The topological polar surface area (TPSA) is 44.8 Å². The second kappa shape index (κ2) is 3.98. The van der Waals surface area contributed by atoms with E-state index in [0.29, 0.717) is 28.7 Å². The van der Waals surface area contributed by atoms with E-state index in [2.05, 4.69) is 0 Å². The van der Waals surface area contributed by atoms with E-state index in [1.165, 1.54) is 0 Å². The van der Waals surface area contributed by atoms with Crippen LogP contribution in [0.5, 0.6) is 11.5 Å². The molecule has 1 aliphatic rings. The van der Waals surface area contributed by atoms with Gasteiger partial charge < -0.3 is 14.2 Å². The first-order valence-corrected chi connectivity index (χ1v) is 4.87. The highest BCUT2D eigenvalue weighted by atomic mass is 35.5. The maximum absolute atomic E-state index is 11.5. The van der Waals surface area contributed by atoms with Crippen LogP contribution in [0.15, 0.2) is 12.1 Å². The Labute approximate surface area is 91.7 Å². The summed E-state index contributed by atoms with van der Waals surface area (Å²) in [7, 11) is 0. The van der Waals surface area contributed by atoms with Crippen molar-refractivity contribution in [2.75, 3.05) is 13.4 Å². The van der Waals surface area contributed by atoms with Crippen molar-refractivity contribution in [2.45, 2.75) is 6.92 Å². The molecule has 1 aromatic carbocycles. The van der Waals surface area contributed by atoms with Crippen molar-refractivity contribution in [3.05, 3.63) is 22.7 Å². The van der Waals surface area contributed by atoms with E-state index in [4.69, 9.17) is 25.8 Å². The Morgan fingerprint density at radius 2 is 2.20 bits per heavy atom. The highest BCUT2D eigenvalue weighted by molar-refractivity contribution is 6.32. The second-order valence-corrected chi connectivity index (χ2v) is 3.29. The highest BCUT2D eigenvalue weighted by Crippen LogP contribution is 2.41. The molecule has 4 nitrogen and oxygen atoms in total. The first-order valence-electron chi connectivity index (χ1n) is 4.49. The molecule has 5 heteroatoms. The van der Waals surface area contributed by atoms with Crippen molar-refractivity contribution in [1.29, 1.82) is 0 Å². The molecule has 0 spiro atoms. The second-order valence-electron chi connectivity index (χ2n) is 2.88. The summed E-state index contributed by atoms with van der Waals surface area (Å²) >= 11 is 5.87. The van der Waals surface area contributed by atoms with Gasteiger partial charge in [0, 0.05) is 0 Å². The summed E-state index contributed by atoms with van der Waals surface area (Å²) in [4.78, 5) is 11.5. The predicted molar refractivity (Wildman–Crippen MR) is 53.5 cm³/mol. The monoisotopic (exact) mass is 228 g/mol. The quantitative estimate of drug-likeness (QED) is 0.729. The molecule has 0 aromatic heterocycles. The normalized spacial score (nSPS) is 12.7. The largest absolute Gasteiger partial charge is 0.462 e. The number of ether oxygens (including phenoxy) is 3. The average molecular weight is 229 g/mol. The van der Waals surface area contributed by atoms with Gasteiger partial charge in [-0.3, -0.25) is 0 Å². The van der Waals surface area contributed by atoms with Gasteiger partial charge in [0.1, 0.15) is 5.56 Å². The number of halogens is 1. The fraction of sp³-hybridized carbons (Fsp3) is 0.300. The van der Waals surface area contributed by atoms with Crippen LogP contribution in [-0.4, -0.2) is 19.4 Å². The van der Waals surface area contributed by atoms with E-state index in [1.54, 1.807) is 19.1 Å². The summed E-state index contributed by atoms with van der Waals surface area (Å²) in [5.74, 6) is 0.332. The maximum atomic E-state index is 11.5. The van der Waals surface area contributed by atoms with Gasteiger partial charge in [0.05, 0.1) is 11.6 Å². The zero-order chi connectivity index (χ0) is 10.8. The molecule has 1 heterocycles. The van der Waals surface area contributed by atoms with Crippen LogP contribution < -0.4 is 9.47 Å². The number of carbonyl (C=O) groups excluding carboxylic acids is 1. The van der Waals surface area contributed by atoms with Gasteiger partial charge in [-0.05, 0) is 19.1 Å². The first-order chi connectivity index (χ1) is 7.24. The van der Waals surface area contributed by atoms with Crippen LogP contribution in [-0.2, 0) is 4.74 Å². The Balaban J connectivity index is 2.41. The maximum Gasteiger partial charge on any atom is 0.342 e. The van der Waals surface area contributed by atoms with Crippen molar-refractivity contribution in [3.63, 3.8) is 0 Å². The minimum atomic E-state index is -0.434. The van der Waals surface area contributed by atoms with Gasteiger partial charge in [-0.25, -0.2) is 4.79 Å². The molecule has 0 unspecified atom stereocenters. The number of benzene rings is 1. The minimum absolute atomic E-state index is 0.0749. The van der Waals surface area contributed by atoms with Crippen molar-refractivity contribution >= 4 is 17.6 Å². The summed E-state index contributed by atoms with van der Waals surface area (Å²) in [6.45, 7) is 2.13. The molecule has 0 amide bonds. The van der Waals surface area contributed by atoms with E-state index in [1.807, 2.05) is 0 Å². The molecule has 0 N–H and O–H groups in total. The number of carbonyl (C=O) groups is 1. The van der Waals surface area contributed by atoms with E-state index in [-0.39, 0.29) is 6.79 Å². The van der Waals surface area contributed by atoms with Gasteiger partial charge in [-0.2, -0.15) is 0 Å². The Morgan fingerprint density at radius 3 is 2.93 bits per heavy atom. The molecular weight excluding hydrogens is 220 g/mol. The number of hydrogen-bond donors (Lipinski definition) is 0. The summed E-state index contributed by atoms with van der Waals surface area (Å²) in [6, 6.07) is 3.15. The molecule has 0 atom stereocenters. The molecule has 2 rings (SSSR count). The summed E-state index contributed by atoms with van der Waals surface area (Å²) < 4.78 is 15.2. The fourth-order valence-electron chi connectivity index (χ4n) is 1.33. The van der Waals surface area contributed by atoms with Gasteiger partial charge in [-0.15, -0.1) is 0 Å². The fourth-order valence-corrected chi connectivity index (χ4v) is 1.54. The van der Waals surface area contributed by atoms with Gasteiger partial charge >= 0.3 is 5.97 Å². The van der Waals surface area contributed by atoms with Crippen molar-refractivity contribution in [1.82, 2.24) is 0 Å². The van der Waals surface area contributed by atoms with Gasteiger partial charge in [0.2, 0.25) is 6.79 Å². The Bertz CT molecular complexity index is 403. The zero-order valence-corrected chi connectivity index (χ0v) is 8.84. The van der Waals surface area contributed by atoms with E-state index >= 15 is 0 Å². The van der Waals surface area contributed by atoms with Crippen LogP contribution >= 0.6 is 11.6 Å². The molecule has 0 fully saturated rings. The number of esters is 1. The molecule has 0 saturated carbocycles. The molecular formula is C10H9ClO4. The van der Waals surface area contributed by atoms with Crippen LogP contribution in [0.3, 0.4) is 0 Å². The molecule has 80 valence electrons. The van der Waals surface area contributed by atoms with Crippen LogP contribution in [0.1, 0.15) is 17.3 Å². The zero-order valence-electron chi connectivity index (χ0n) is 8.08. The number of rotatable bonds is 2. The third-order valence-corrected chi connectivity index (χ3v) is 2.26. The van der Waals surface area contributed by atoms with Gasteiger partial charge in [0.25, 0.3) is 0 Å². The third kappa shape index (κ3) is 1.72. The minimum Gasteiger partial charge on any atom is -0.462 e. The molecule has 0 aliphatic carbocycles. The van der Waals surface area contributed by atoms with E-state index in [0.717, 1.165) is 0 Å². The smallest absolute Gasteiger partial charge is 0.342 e. The summed E-state index contributed by atoms with van der Waals surface area (Å²) in [5, 5.41) is 0.426. The molecule has 1 aliphatic heterocycles. The lowest BCUT2D eigenvalue weighted by molar-refractivity contribution is 0.0522.